The molecule has 2 aliphatic heterocycles. The highest BCUT2D eigenvalue weighted by molar-refractivity contribution is 7.18. The van der Waals surface area contributed by atoms with E-state index in [0.29, 0.717) is 26.9 Å². The number of benzene rings is 2. The maximum absolute atomic E-state index is 13.0. The maximum Gasteiger partial charge on any atom is 0.416 e. The highest BCUT2D eigenvalue weighted by Crippen LogP contribution is 2.47. The van der Waals surface area contributed by atoms with Crippen LogP contribution in [0.25, 0.3) is 0 Å². The number of amides is 2. The van der Waals surface area contributed by atoms with Crippen LogP contribution in [0, 0.1) is 6.92 Å². The SMILES string of the molecule is Cc1c(C(=O)Nc2cccc(C(F)(F)F)c2)sc2c1[C@@H](c1ccc3c(c1)OCO3)CC(=O)N2. The lowest BCUT2D eigenvalue weighted by Crippen LogP contribution is -2.22. The van der Waals surface area contributed by atoms with Crippen LogP contribution in [-0.2, 0) is 11.0 Å². The molecular weight excluding hydrogens is 457 g/mol. The van der Waals surface area contributed by atoms with Crippen molar-refractivity contribution in [2.24, 2.45) is 0 Å². The second-order valence-corrected chi connectivity index (χ2v) is 8.77. The Morgan fingerprint density at radius 2 is 1.94 bits per heavy atom. The number of ether oxygens (including phenoxy) is 2. The molecule has 0 saturated heterocycles. The van der Waals surface area contributed by atoms with Crippen molar-refractivity contribution in [1.29, 1.82) is 0 Å². The first-order valence-corrected chi connectivity index (χ1v) is 10.8. The topological polar surface area (TPSA) is 76.7 Å². The Labute approximate surface area is 190 Å². The van der Waals surface area contributed by atoms with Crippen molar-refractivity contribution in [2.75, 3.05) is 17.4 Å². The number of fused-ring (bicyclic) bond motifs is 2. The van der Waals surface area contributed by atoms with Gasteiger partial charge in [0.1, 0.15) is 0 Å². The number of alkyl halides is 3. The molecule has 33 heavy (non-hydrogen) atoms. The summed E-state index contributed by atoms with van der Waals surface area (Å²) >= 11 is 1.10. The van der Waals surface area contributed by atoms with Crippen molar-refractivity contribution >= 4 is 33.8 Å². The summed E-state index contributed by atoms with van der Waals surface area (Å²) in [6, 6.07) is 9.93. The Morgan fingerprint density at radius 3 is 2.73 bits per heavy atom. The highest BCUT2D eigenvalue weighted by atomic mass is 32.1. The van der Waals surface area contributed by atoms with Gasteiger partial charge in [0.15, 0.2) is 11.5 Å². The van der Waals surface area contributed by atoms with Gasteiger partial charge in [-0.1, -0.05) is 12.1 Å². The average Bonchev–Trinajstić information content (AvgIpc) is 3.36. The number of anilines is 2. The number of thiophene rings is 1. The van der Waals surface area contributed by atoms with Crippen molar-refractivity contribution in [3.63, 3.8) is 0 Å². The molecule has 0 radical (unpaired) electrons. The molecule has 0 unspecified atom stereocenters. The molecule has 0 aliphatic carbocycles. The Bertz CT molecular complexity index is 1290. The lowest BCUT2D eigenvalue weighted by atomic mass is 9.84. The first-order valence-electron chi connectivity index (χ1n) is 10.0. The van der Waals surface area contributed by atoms with Gasteiger partial charge < -0.3 is 20.1 Å². The van der Waals surface area contributed by atoms with Crippen molar-refractivity contribution in [1.82, 2.24) is 0 Å². The molecule has 10 heteroatoms. The number of hydrogen-bond donors (Lipinski definition) is 2. The minimum absolute atomic E-state index is 0.0388. The smallest absolute Gasteiger partial charge is 0.416 e. The van der Waals surface area contributed by atoms with Gasteiger partial charge in [0.2, 0.25) is 12.7 Å². The molecule has 1 atom stereocenters. The number of carbonyl (C=O) groups excluding carboxylic acids is 2. The lowest BCUT2D eigenvalue weighted by Gasteiger charge is -2.24. The van der Waals surface area contributed by atoms with Crippen LogP contribution in [0.3, 0.4) is 0 Å². The number of halogens is 3. The Kier molecular flexibility index (Phi) is 5.04. The van der Waals surface area contributed by atoms with Gasteiger partial charge in [-0.25, -0.2) is 0 Å². The van der Waals surface area contributed by atoms with Gasteiger partial charge in [-0.3, -0.25) is 9.59 Å². The second-order valence-electron chi connectivity index (χ2n) is 7.75. The van der Waals surface area contributed by atoms with Crippen LogP contribution in [0.2, 0.25) is 0 Å². The summed E-state index contributed by atoms with van der Waals surface area (Å²) < 4.78 is 49.8. The summed E-state index contributed by atoms with van der Waals surface area (Å²) in [5.74, 6) is 0.202. The van der Waals surface area contributed by atoms with E-state index in [4.69, 9.17) is 9.47 Å². The van der Waals surface area contributed by atoms with Gasteiger partial charge in [0.05, 0.1) is 15.4 Å². The molecule has 2 aliphatic rings. The van der Waals surface area contributed by atoms with Crippen molar-refractivity contribution in [3.8, 4) is 11.5 Å². The average molecular weight is 474 g/mol. The van der Waals surface area contributed by atoms with Crippen molar-refractivity contribution in [2.45, 2.75) is 25.4 Å². The molecule has 3 aromatic rings. The summed E-state index contributed by atoms with van der Waals surface area (Å²) in [6.45, 7) is 1.90. The Morgan fingerprint density at radius 1 is 1.15 bits per heavy atom. The summed E-state index contributed by atoms with van der Waals surface area (Å²) in [5.41, 5.74) is 1.52. The van der Waals surface area contributed by atoms with Crippen molar-refractivity contribution in [3.05, 3.63) is 69.6 Å². The molecule has 2 amide bonds. The number of carbonyl (C=O) groups is 2. The zero-order valence-electron chi connectivity index (χ0n) is 17.2. The maximum atomic E-state index is 13.0. The van der Waals surface area contributed by atoms with E-state index in [0.717, 1.165) is 34.6 Å². The van der Waals surface area contributed by atoms with E-state index in [2.05, 4.69) is 10.6 Å². The summed E-state index contributed by atoms with van der Waals surface area (Å²) in [6.07, 6.45) is -4.32. The fourth-order valence-corrected chi connectivity index (χ4v) is 5.28. The number of rotatable bonds is 3. The standard InChI is InChI=1S/C23H17F3N2O4S/c1-11-19-15(12-5-6-16-17(7-12)32-10-31-16)9-18(29)28-22(19)33-20(11)21(30)27-14-4-2-3-13(8-14)23(24,25)26/h2-8,15H,9-10H2,1H3,(H,27,30)(H,28,29)/t15-/m1/s1. The Hall–Kier alpha value is -3.53. The highest BCUT2D eigenvalue weighted by Gasteiger charge is 2.34. The predicted octanol–water partition coefficient (Wildman–Crippen LogP) is 5.53. The minimum Gasteiger partial charge on any atom is -0.454 e. The van der Waals surface area contributed by atoms with E-state index in [1.165, 1.54) is 12.1 Å². The van der Waals surface area contributed by atoms with Gasteiger partial charge in [-0.2, -0.15) is 13.2 Å². The summed E-state index contributed by atoms with van der Waals surface area (Å²) in [4.78, 5) is 25.7. The number of nitrogens with one attached hydrogen (secondary N) is 2. The van der Waals surface area contributed by atoms with Gasteiger partial charge in [-0.05, 0) is 53.9 Å². The summed E-state index contributed by atoms with van der Waals surface area (Å²) in [7, 11) is 0. The third kappa shape index (κ3) is 3.91. The molecular formula is C23H17F3N2O4S. The molecule has 5 rings (SSSR count). The largest absolute Gasteiger partial charge is 0.454 e. The van der Waals surface area contributed by atoms with E-state index in [-0.39, 0.29) is 30.7 Å². The minimum atomic E-state index is -4.51. The third-order valence-electron chi connectivity index (χ3n) is 5.64. The fourth-order valence-electron chi connectivity index (χ4n) is 4.10. The predicted molar refractivity (Wildman–Crippen MR) is 116 cm³/mol. The van der Waals surface area contributed by atoms with E-state index in [1.54, 1.807) is 13.0 Å². The Balaban J connectivity index is 1.48. The van der Waals surface area contributed by atoms with Gasteiger partial charge in [-0.15, -0.1) is 11.3 Å². The molecule has 6 nitrogen and oxygen atoms in total. The van der Waals surface area contributed by atoms with Crippen molar-refractivity contribution < 1.29 is 32.2 Å². The van der Waals surface area contributed by atoms with Crippen LogP contribution in [0.1, 0.15) is 44.3 Å². The summed E-state index contributed by atoms with van der Waals surface area (Å²) in [5, 5.41) is 5.91. The molecule has 2 aromatic carbocycles. The molecule has 0 bridgehead atoms. The van der Waals surface area contributed by atoms with Crippen LogP contribution in [-0.4, -0.2) is 18.6 Å². The van der Waals surface area contributed by atoms with Crippen LogP contribution in [0.5, 0.6) is 11.5 Å². The van der Waals surface area contributed by atoms with Gasteiger partial charge in [0, 0.05) is 18.0 Å². The third-order valence-corrected chi connectivity index (χ3v) is 6.86. The molecule has 0 saturated carbocycles. The zero-order valence-corrected chi connectivity index (χ0v) is 18.0. The molecule has 1 aromatic heterocycles. The molecule has 170 valence electrons. The monoisotopic (exact) mass is 474 g/mol. The quantitative estimate of drug-likeness (QED) is 0.523. The van der Waals surface area contributed by atoms with E-state index in [1.807, 2.05) is 12.1 Å². The second kappa shape index (κ2) is 7.80. The van der Waals surface area contributed by atoms with E-state index >= 15 is 0 Å². The molecule has 3 heterocycles. The lowest BCUT2D eigenvalue weighted by molar-refractivity contribution is -0.137. The fraction of sp³-hybridized carbons (Fsp3) is 0.217. The first kappa shape index (κ1) is 21.3. The normalized spacial score (nSPS) is 16.8. The van der Waals surface area contributed by atoms with Gasteiger partial charge >= 0.3 is 6.18 Å². The molecule has 0 fully saturated rings. The van der Waals surface area contributed by atoms with Gasteiger partial charge in [0.25, 0.3) is 5.91 Å². The molecule has 0 spiro atoms. The molecule has 2 N–H and O–H groups in total. The first-order chi connectivity index (χ1) is 15.7. The van der Waals surface area contributed by atoms with Crippen LogP contribution >= 0.6 is 11.3 Å². The number of hydrogen-bond acceptors (Lipinski definition) is 5. The van der Waals surface area contributed by atoms with E-state index < -0.39 is 17.6 Å². The van der Waals surface area contributed by atoms with Crippen LogP contribution < -0.4 is 20.1 Å². The van der Waals surface area contributed by atoms with Crippen LogP contribution in [0.15, 0.2) is 42.5 Å². The van der Waals surface area contributed by atoms with Crippen LogP contribution in [0.4, 0.5) is 23.9 Å². The van der Waals surface area contributed by atoms with E-state index in [9.17, 15) is 22.8 Å². The zero-order chi connectivity index (χ0) is 23.3.